The fraction of sp³-hybridized carbons (Fsp3) is 0.565. The van der Waals surface area contributed by atoms with Gasteiger partial charge in [0.1, 0.15) is 0 Å². The molecule has 0 atom stereocenters. The minimum Gasteiger partial charge on any atom is -0.493 e. The van der Waals surface area contributed by atoms with Crippen LogP contribution in [0.25, 0.3) is 6.08 Å². The third-order valence-electron chi connectivity index (χ3n) is 4.74. The monoisotopic (exact) mass is 418 g/mol. The van der Waals surface area contributed by atoms with Crippen molar-refractivity contribution in [2.24, 2.45) is 4.99 Å². The Bertz CT molecular complexity index is 731. The molecule has 1 aromatic carbocycles. The van der Waals surface area contributed by atoms with E-state index in [1.165, 1.54) is 43.9 Å². The van der Waals surface area contributed by atoms with Crippen LogP contribution >= 0.6 is 11.8 Å². The Hall–Kier alpha value is -1.95. The van der Waals surface area contributed by atoms with E-state index in [1.54, 1.807) is 12.0 Å². The topological polar surface area (TPSA) is 51.1 Å². The van der Waals surface area contributed by atoms with Crippen LogP contribution in [0, 0.1) is 0 Å². The second kappa shape index (κ2) is 12.6. The fourth-order valence-corrected chi connectivity index (χ4v) is 4.25. The van der Waals surface area contributed by atoms with E-state index in [2.05, 4.69) is 11.9 Å². The molecule has 29 heavy (non-hydrogen) atoms. The predicted octanol–water partition coefficient (Wildman–Crippen LogP) is 5.75. The molecule has 6 heteroatoms. The number of thioether (sulfide) groups is 1. The highest BCUT2D eigenvalue weighted by molar-refractivity contribution is 8.18. The van der Waals surface area contributed by atoms with Gasteiger partial charge in [-0.1, -0.05) is 45.1 Å². The van der Waals surface area contributed by atoms with Gasteiger partial charge in [0.05, 0.1) is 18.6 Å². The molecule has 2 rings (SSSR count). The van der Waals surface area contributed by atoms with Crippen LogP contribution in [0.2, 0.25) is 0 Å². The molecule has 1 aliphatic rings. The highest BCUT2D eigenvalue weighted by Gasteiger charge is 2.31. The van der Waals surface area contributed by atoms with Crippen LogP contribution in [0.3, 0.4) is 0 Å². The van der Waals surface area contributed by atoms with Gasteiger partial charge in [0.25, 0.3) is 5.91 Å². The van der Waals surface area contributed by atoms with Crippen LogP contribution in [-0.2, 0) is 4.79 Å². The zero-order valence-electron chi connectivity index (χ0n) is 18.2. The summed E-state index contributed by atoms with van der Waals surface area (Å²) in [7, 11) is 1.64. The average molecular weight is 419 g/mol. The van der Waals surface area contributed by atoms with Gasteiger partial charge in [-0.3, -0.25) is 14.7 Å². The van der Waals surface area contributed by atoms with Gasteiger partial charge >= 0.3 is 0 Å². The van der Waals surface area contributed by atoms with E-state index in [4.69, 9.17) is 9.47 Å². The molecule has 1 heterocycles. The molecule has 1 fully saturated rings. The first kappa shape index (κ1) is 23.3. The molecule has 1 aliphatic heterocycles. The van der Waals surface area contributed by atoms with E-state index in [0.717, 1.165) is 22.9 Å². The van der Waals surface area contributed by atoms with E-state index in [-0.39, 0.29) is 5.91 Å². The molecule has 0 bridgehead atoms. The number of benzene rings is 1. The number of nitrogens with zero attached hydrogens (tertiary/aromatic N) is 2. The number of ether oxygens (including phenoxy) is 2. The van der Waals surface area contributed by atoms with E-state index in [0.29, 0.717) is 30.4 Å². The molecule has 0 aliphatic carbocycles. The van der Waals surface area contributed by atoms with Gasteiger partial charge in [-0.2, -0.15) is 0 Å². The van der Waals surface area contributed by atoms with E-state index >= 15 is 0 Å². The summed E-state index contributed by atoms with van der Waals surface area (Å²) in [6.45, 7) is 8.15. The summed E-state index contributed by atoms with van der Waals surface area (Å²) in [6, 6.07) is 5.80. The molecule has 0 radical (unpaired) electrons. The van der Waals surface area contributed by atoms with Gasteiger partial charge in [0, 0.05) is 13.1 Å². The number of aliphatic imine (C=N–C) groups is 1. The number of amidine groups is 1. The van der Waals surface area contributed by atoms with Crippen LogP contribution in [0.5, 0.6) is 11.5 Å². The third kappa shape index (κ3) is 6.81. The minimum atomic E-state index is 0.00654. The van der Waals surface area contributed by atoms with Crippen molar-refractivity contribution < 1.29 is 14.3 Å². The lowest BCUT2D eigenvalue weighted by atomic mass is 10.1. The summed E-state index contributed by atoms with van der Waals surface area (Å²) in [5, 5.41) is 0.775. The Morgan fingerprint density at radius 2 is 1.83 bits per heavy atom. The number of amides is 1. The zero-order valence-corrected chi connectivity index (χ0v) is 19.0. The van der Waals surface area contributed by atoms with Gasteiger partial charge < -0.3 is 9.47 Å². The Balaban J connectivity index is 2.00. The normalized spacial score (nSPS) is 16.8. The van der Waals surface area contributed by atoms with Gasteiger partial charge in [0.15, 0.2) is 16.7 Å². The highest BCUT2D eigenvalue weighted by Crippen LogP contribution is 2.34. The maximum atomic E-state index is 12.6. The number of likely N-dealkylation sites (N-methyl/N-ethyl adjacent to an activating group) is 1. The lowest BCUT2D eigenvalue weighted by molar-refractivity contribution is -0.122. The molecule has 160 valence electrons. The van der Waals surface area contributed by atoms with Crippen molar-refractivity contribution in [2.45, 2.75) is 59.3 Å². The molecule has 0 aromatic heterocycles. The maximum absolute atomic E-state index is 12.6. The summed E-state index contributed by atoms with van der Waals surface area (Å²) >= 11 is 1.43. The third-order valence-corrected chi connectivity index (χ3v) is 5.78. The number of methoxy groups -OCH3 is 1. The molecule has 0 unspecified atom stereocenters. The van der Waals surface area contributed by atoms with Crippen molar-refractivity contribution in [3.8, 4) is 11.5 Å². The molecular formula is C23H34N2O3S. The van der Waals surface area contributed by atoms with Crippen molar-refractivity contribution >= 4 is 28.9 Å². The second-order valence-electron chi connectivity index (χ2n) is 6.94. The van der Waals surface area contributed by atoms with Crippen molar-refractivity contribution in [3.05, 3.63) is 28.7 Å². The number of unbranched alkanes of at least 4 members (excludes halogenated alkanes) is 5. The molecule has 5 nitrogen and oxygen atoms in total. The number of hydrogen-bond acceptors (Lipinski definition) is 5. The highest BCUT2D eigenvalue weighted by atomic mass is 32.2. The predicted molar refractivity (Wildman–Crippen MR) is 123 cm³/mol. The Morgan fingerprint density at radius 1 is 1.07 bits per heavy atom. The number of carbonyl (C=O) groups is 1. The first-order chi connectivity index (χ1) is 14.1. The first-order valence-corrected chi connectivity index (χ1v) is 11.5. The number of hydrogen-bond donors (Lipinski definition) is 0. The first-order valence-electron chi connectivity index (χ1n) is 10.7. The van der Waals surface area contributed by atoms with Crippen LogP contribution < -0.4 is 9.47 Å². The van der Waals surface area contributed by atoms with Crippen LogP contribution in [-0.4, -0.2) is 42.8 Å². The van der Waals surface area contributed by atoms with E-state index in [1.807, 2.05) is 38.1 Å². The van der Waals surface area contributed by atoms with Gasteiger partial charge in [0.2, 0.25) is 0 Å². The lowest BCUT2D eigenvalue weighted by Crippen LogP contribution is -2.28. The van der Waals surface area contributed by atoms with Gasteiger partial charge in [-0.05, 0) is 55.8 Å². The van der Waals surface area contributed by atoms with Crippen molar-refractivity contribution in [3.63, 3.8) is 0 Å². The van der Waals surface area contributed by atoms with Gasteiger partial charge in [-0.15, -0.1) is 0 Å². The standard InChI is InChI=1S/C23H34N2O3S/c1-5-8-9-10-11-12-15-28-19-14-13-18(16-20(19)27-4)17-21-22(26)25(7-3)23(29-21)24-6-2/h13-14,16-17H,5-12,15H2,1-4H3. The number of rotatable bonds is 12. The quantitative estimate of drug-likeness (QED) is 0.320. The Kier molecular flexibility index (Phi) is 10.1. The minimum absolute atomic E-state index is 0.00654. The van der Waals surface area contributed by atoms with Crippen LogP contribution in [0.15, 0.2) is 28.1 Å². The Morgan fingerprint density at radius 3 is 2.52 bits per heavy atom. The molecule has 1 amide bonds. The van der Waals surface area contributed by atoms with Gasteiger partial charge in [-0.25, -0.2) is 0 Å². The van der Waals surface area contributed by atoms with Crippen molar-refractivity contribution in [1.82, 2.24) is 4.90 Å². The largest absolute Gasteiger partial charge is 0.493 e. The smallest absolute Gasteiger partial charge is 0.266 e. The summed E-state index contributed by atoms with van der Waals surface area (Å²) < 4.78 is 11.4. The summed E-state index contributed by atoms with van der Waals surface area (Å²) in [5.41, 5.74) is 0.915. The summed E-state index contributed by atoms with van der Waals surface area (Å²) in [5.74, 6) is 1.44. The molecule has 1 saturated heterocycles. The maximum Gasteiger partial charge on any atom is 0.266 e. The lowest BCUT2D eigenvalue weighted by Gasteiger charge is -2.12. The van der Waals surface area contributed by atoms with Crippen molar-refractivity contribution in [1.29, 1.82) is 0 Å². The molecule has 0 saturated carbocycles. The molecular weight excluding hydrogens is 384 g/mol. The molecule has 0 N–H and O–H groups in total. The van der Waals surface area contributed by atoms with Crippen LogP contribution in [0.4, 0.5) is 0 Å². The Labute approximate surface area is 179 Å². The SMILES string of the molecule is CCCCCCCCOc1ccc(C=C2SC(=NCC)N(CC)C2=O)cc1OC. The van der Waals surface area contributed by atoms with E-state index in [9.17, 15) is 4.79 Å². The zero-order chi connectivity index (χ0) is 21.1. The average Bonchev–Trinajstić information content (AvgIpc) is 3.02. The number of carbonyl (C=O) groups excluding carboxylic acids is 1. The molecule has 1 aromatic rings. The van der Waals surface area contributed by atoms with E-state index < -0.39 is 0 Å². The second-order valence-corrected chi connectivity index (χ2v) is 7.95. The summed E-state index contributed by atoms with van der Waals surface area (Å²) in [6.07, 6.45) is 9.30. The fourth-order valence-electron chi connectivity index (χ4n) is 3.15. The van der Waals surface area contributed by atoms with Crippen LogP contribution in [0.1, 0.15) is 64.9 Å². The van der Waals surface area contributed by atoms with Crippen molar-refractivity contribution in [2.75, 3.05) is 26.8 Å². The summed E-state index contributed by atoms with van der Waals surface area (Å²) in [4.78, 5) is 19.4. The molecule has 0 spiro atoms.